The summed E-state index contributed by atoms with van der Waals surface area (Å²) >= 11 is 1.18. The zero-order valence-corrected chi connectivity index (χ0v) is 21.3. The Hall–Kier alpha value is -3.01. The van der Waals surface area contributed by atoms with E-state index in [9.17, 15) is 18.0 Å². The van der Waals surface area contributed by atoms with Crippen molar-refractivity contribution in [2.24, 2.45) is 5.92 Å². The molecule has 1 fully saturated rings. The molecule has 2 aromatic carbocycles. The van der Waals surface area contributed by atoms with Crippen LogP contribution >= 0.6 is 11.3 Å². The summed E-state index contributed by atoms with van der Waals surface area (Å²) in [6, 6.07) is 17.9. The molecule has 0 radical (unpaired) electrons. The summed E-state index contributed by atoms with van der Waals surface area (Å²) in [5, 5.41) is 4.60. The van der Waals surface area contributed by atoms with E-state index in [1.165, 1.54) is 15.6 Å². The molecule has 2 heterocycles. The van der Waals surface area contributed by atoms with E-state index >= 15 is 0 Å². The normalized spacial score (nSPS) is 15.9. The van der Waals surface area contributed by atoms with Gasteiger partial charge in [0.15, 0.2) is 0 Å². The van der Waals surface area contributed by atoms with Crippen molar-refractivity contribution in [2.75, 3.05) is 18.4 Å². The number of hydrogen-bond acceptors (Lipinski definition) is 6. The minimum absolute atomic E-state index is 0.227. The van der Waals surface area contributed by atoms with Gasteiger partial charge in [-0.15, -0.1) is 11.3 Å². The van der Waals surface area contributed by atoms with Gasteiger partial charge in [-0.05, 0) is 61.4 Å². The molecule has 1 aromatic heterocycles. The second-order valence-corrected chi connectivity index (χ2v) is 11.8. The lowest BCUT2D eigenvalue weighted by atomic mass is 9.98. The van der Waals surface area contributed by atoms with Gasteiger partial charge in [-0.2, -0.15) is 4.31 Å². The highest BCUT2D eigenvalue weighted by molar-refractivity contribution is 7.91. The van der Waals surface area contributed by atoms with Crippen molar-refractivity contribution in [2.45, 2.75) is 37.0 Å². The van der Waals surface area contributed by atoms with E-state index in [4.69, 9.17) is 4.74 Å². The fourth-order valence-corrected chi connectivity index (χ4v) is 6.85. The standard InChI is InChI=1S/C26H28N2O5S2/c1-18-15-19(2)17-22(16-18)27-25(29)24(20-7-4-3-5-8-20)33-26(30)21-10-12-28(13-11-21)35(31,32)23-9-6-14-34-23/h3-9,14-17,21,24H,10-13H2,1-2H3,(H,27,29). The Bertz CT molecular complexity index is 1260. The predicted octanol–water partition coefficient (Wildman–Crippen LogP) is 4.69. The van der Waals surface area contributed by atoms with Crippen LogP contribution in [0.1, 0.15) is 35.6 Å². The van der Waals surface area contributed by atoms with E-state index < -0.39 is 33.9 Å². The molecule has 4 rings (SSSR count). The van der Waals surface area contributed by atoms with Gasteiger partial charge < -0.3 is 10.1 Å². The van der Waals surface area contributed by atoms with E-state index in [0.29, 0.717) is 28.3 Å². The molecule has 1 unspecified atom stereocenters. The van der Waals surface area contributed by atoms with Crippen LogP contribution in [0.4, 0.5) is 5.69 Å². The van der Waals surface area contributed by atoms with Crippen molar-refractivity contribution in [1.82, 2.24) is 4.31 Å². The quantitative estimate of drug-likeness (QED) is 0.464. The first kappa shape index (κ1) is 25.1. The molecule has 1 amide bonds. The Kier molecular flexibility index (Phi) is 7.69. The highest BCUT2D eigenvalue weighted by Gasteiger charge is 2.35. The summed E-state index contributed by atoms with van der Waals surface area (Å²) in [7, 11) is -3.55. The van der Waals surface area contributed by atoms with Gasteiger partial charge in [0.1, 0.15) is 4.21 Å². The van der Waals surface area contributed by atoms with E-state index in [-0.39, 0.29) is 13.1 Å². The molecule has 0 saturated carbocycles. The second-order valence-electron chi connectivity index (χ2n) is 8.70. The van der Waals surface area contributed by atoms with Crippen LogP contribution < -0.4 is 5.32 Å². The molecule has 0 bridgehead atoms. The van der Waals surface area contributed by atoms with Crippen LogP contribution in [-0.4, -0.2) is 37.7 Å². The predicted molar refractivity (Wildman–Crippen MR) is 136 cm³/mol. The molecule has 0 aliphatic carbocycles. The summed E-state index contributed by atoms with van der Waals surface area (Å²) < 4.78 is 33.0. The maximum Gasteiger partial charge on any atom is 0.310 e. The van der Waals surface area contributed by atoms with E-state index in [2.05, 4.69) is 5.32 Å². The third-order valence-corrected chi connectivity index (χ3v) is 9.21. The molecular weight excluding hydrogens is 484 g/mol. The Labute approximate surface area is 209 Å². The molecule has 1 N–H and O–H groups in total. The number of nitrogens with zero attached hydrogens (tertiary/aromatic N) is 1. The van der Waals surface area contributed by atoms with E-state index in [0.717, 1.165) is 11.1 Å². The molecule has 7 nitrogen and oxygen atoms in total. The Balaban J connectivity index is 1.45. The van der Waals surface area contributed by atoms with Crippen LogP contribution in [-0.2, 0) is 24.3 Å². The lowest BCUT2D eigenvalue weighted by Crippen LogP contribution is -2.41. The fourth-order valence-electron chi connectivity index (χ4n) is 4.24. The monoisotopic (exact) mass is 512 g/mol. The number of thiophene rings is 1. The molecule has 1 saturated heterocycles. The maximum absolute atomic E-state index is 13.2. The Morgan fingerprint density at radius 2 is 1.66 bits per heavy atom. The number of benzene rings is 2. The van der Waals surface area contributed by atoms with E-state index in [1.54, 1.807) is 41.8 Å². The Morgan fingerprint density at radius 3 is 2.26 bits per heavy atom. The van der Waals surface area contributed by atoms with Gasteiger partial charge in [0.05, 0.1) is 5.92 Å². The minimum Gasteiger partial charge on any atom is -0.447 e. The van der Waals surface area contributed by atoms with Gasteiger partial charge in [0, 0.05) is 24.3 Å². The van der Waals surface area contributed by atoms with Gasteiger partial charge in [0.25, 0.3) is 15.9 Å². The largest absolute Gasteiger partial charge is 0.447 e. The summed E-state index contributed by atoms with van der Waals surface area (Å²) in [5.41, 5.74) is 3.23. The topological polar surface area (TPSA) is 92.8 Å². The Morgan fingerprint density at radius 1 is 1.00 bits per heavy atom. The van der Waals surface area contributed by atoms with Crippen LogP contribution in [0.15, 0.2) is 70.3 Å². The molecule has 1 atom stereocenters. The number of sulfonamides is 1. The van der Waals surface area contributed by atoms with Crippen LogP contribution in [0.25, 0.3) is 0 Å². The molecule has 3 aromatic rings. The number of carbonyl (C=O) groups is 2. The SMILES string of the molecule is Cc1cc(C)cc(NC(=O)C(OC(=O)C2CCN(S(=O)(=O)c3cccs3)CC2)c2ccccc2)c1. The highest BCUT2D eigenvalue weighted by atomic mass is 32.2. The summed E-state index contributed by atoms with van der Waals surface area (Å²) in [6.07, 6.45) is -0.440. The molecule has 9 heteroatoms. The van der Waals surface area contributed by atoms with Crippen molar-refractivity contribution in [3.63, 3.8) is 0 Å². The molecular formula is C26H28N2O5S2. The second kappa shape index (κ2) is 10.7. The average molecular weight is 513 g/mol. The highest BCUT2D eigenvalue weighted by Crippen LogP contribution is 2.29. The van der Waals surface area contributed by atoms with Gasteiger partial charge >= 0.3 is 5.97 Å². The first-order valence-corrected chi connectivity index (χ1v) is 13.7. The van der Waals surface area contributed by atoms with Gasteiger partial charge in [-0.3, -0.25) is 9.59 Å². The number of rotatable bonds is 7. The third kappa shape index (κ3) is 5.98. The maximum atomic E-state index is 13.2. The number of nitrogens with one attached hydrogen (secondary N) is 1. The minimum atomic E-state index is -3.55. The number of amides is 1. The van der Waals surface area contributed by atoms with Crippen LogP contribution in [0, 0.1) is 19.8 Å². The van der Waals surface area contributed by atoms with Crippen molar-refractivity contribution in [1.29, 1.82) is 0 Å². The molecule has 1 aliphatic rings. The average Bonchev–Trinajstić information content (AvgIpc) is 3.38. The van der Waals surface area contributed by atoms with Crippen molar-refractivity contribution in [3.8, 4) is 0 Å². The van der Waals surface area contributed by atoms with Gasteiger partial charge in [-0.25, -0.2) is 8.42 Å². The first-order chi connectivity index (χ1) is 16.7. The molecule has 0 spiro atoms. The molecule has 35 heavy (non-hydrogen) atoms. The summed E-state index contributed by atoms with van der Waals surface area (Å²) in [4.78, 5) is 26.3. The van der Waals surface area contributed by atoms with Crippen LogP contribution in [0.2, 0.25) is 0 Å². The lowest BCUT2D eigenvalue weighted by Gasteiger charge is -2.30. The van der Waals surface area contributed by atoms with Gasteiger partial charge in [-0.1, -0.05) is 42.5 Å². The number of anilines is 1. The number of esters is 1. The smallest absolute Gasteiger partial charge is 0.310 e. The first-order valence-electron chi connectivity index (χ1n) is 11.4. The van der Waals surface area contributed by atoms with E-state index in [1.807, 2.05) is 38.1 Å². The molecule has 1 aliphatic heterocycles. The summed E-state index contributed by atoms with van der Waals surface area (Å²) in [6.45, 7) is 4.35. The number of hydrogen-bond donors (Lipinski definition) is 1. The molecule has 184 valence electrons. The van der Waals surface area contributed by atoms with Crippen LogP contribution in [0.5, 0.6) is 0 Å². The van der Waals surface area contributed by atoms with Gasteiger partial charge in [0.2, 0.25) is 6.10 Å². The fraction of sp³-hybridized carbons (Fsp3) is 0.308. The third-order valence-electron chi connectivity index (χ3n) is 5.94. The zero-order chi connectivity index (χ0) is 25.0. The lowest BCUT2D eigenvalue weighted by molar-refractivity contribution is -0.160. The zero-order valence-electron chi connectivity index (χ0n) is 19.6. The van der Waals surface area contributed by atoms with Crippen molar-refractivity contribution in [3.05, 3.63) is 82.7 Å². The number of ether oxygens (including phenoxy) is 1. The number of aryl methyl sites for hydroxylation is 2. The number of piperidine rings is 1. The van der Waals surface area contributed by atoms with Crippen molar-refractivity contribution < 1.29 is 22.7 Å². The van der Waals surface area contributed by atoms with Crippen LogP contribution in [0.3, 0.4) is 0 Å². The number of carbonyl (C=O) groups excluding carboxylic acids is 2. The summed E-state index contributed by atoms with van der Waals surface area (Å²) in [5.74, 6) is -1.42. The van der Waals surface area contributed by atoms with Crippen molar-refractivity contribution >= 4 is 38.9 Å².